The fourth-order valence-corrected chi connectivity index (χ4v) is 3.60. The molecule has 0 aliphatic rings. The third-order valence-corrected chi connectivity index (χ3v) is 5.31. The summed E-state index contributed by atoms with van der Waals surface area (Å²) in [5, 5.41) is 13.4. The van der Waals surface area contributed by atoms with Crippen LogP contribution < -0.4 is 5.32 Å². The molecule has 1 N–H and O–H groups in total. The first-order valence-electron chi connectivity index (χ1n) is 9.44. The maximum Gasteiger partial charge on any atom is 0.266 e. The van der Waals surface area contributed by atoms with E-state index in [4.69, 9.17) is 0 Å². The molecule has 4 rings (SSSR count). The predicted octanol–water partition coefficient (Wildman–Crippen LogP) is 6.00. The normalized spacial score (nSPS) is 11.3. The van der Waals surface area contributed by atoms with Crippen LogP contribution in [-0.2, 0) is 11.3 Å². The molecule has 0 radical (unpaired) electrons. The van der Waals surface area contributed by atoms with E-state index in [-0.39, 0.29) is 5.57 Å². The average Bonchev–Trinajstić information content (AvgIpc) is 3.11. The molecule has 5 heteroatoms. The monoisotopic (exact) mass is 455 g/mol. The summed E-state index contributed by atoms with van der Waals surface area (Å²) in [5.41, 5.74) is 3.76. The number of anilines is 1. The number of rotatable bonds is 5. The molecule has 30 heavy (non-hydrogen) atoms. The van der Waals surface area contributed by atoms with Gasteiger partial charge in [-0.15, -0.1) is 0 Å². The molecule has 4 aromatic rings. The van der Waals surface area contributed by atoms with Gasteiger partial charge in [0.2, 0.25) is 0 Å². The molecule has 146 valence electrons. The number of para-hydroxylation sites is 2. The van der Waals surface area contributed by atoms with Crippen LogP contribution in [0.1, 0.15) is 11.1 Å². The van der Waals surface area contributed by atoms with E-state index in [9.17, 15) is 10.1 Å². The van der Waals surface area contributed by atoms with Crippen LogP contribution in [0.4, 0.5) is 5.69 Å². The Bertz CT molecular complexity index is 1270. The van der Waals surface area contributed by atoms with E-state index in [1.165, 1.54) is 0 Å². The Morgan fingerprint density at radius 1 is 1.00 bits per heavy atom. The molecule has 0 bridgehead atoms. The van der Waals surface area contributed by atoms with Crippen LogP contribution in [0.2, 0.25) is 0 Å². The van der Waals surface area contributed by atoms with Crippen LogP contribution in [-0.4, -0.2) is 10.5 Å². The van der Waals surface area contributed by atoms with E-state index in [0.717, 1.165) is 26.5 Å². The van der Waals surface area contributed by atoms with Crippen LogP contribution in [0.3, 0.4) is 0 Å². The Morgan fingerprint density at radius 3 is 2.43 bits per heavy atom. The lowest BCUT2D eigenvalue weighted by atomic mass is 10.1. The molecule has 0 saturated heterocycles. The quantitative estimate of drug-likeness (QED) is 0.296. The van der Waals surface area contributed by atoms with Crippen LogP contribution in [0.25, 0.3) is 17.0 Å². The van der Waals surface area contributed by atoms with Crippen LogP contribution in [0.15, 0.2) is 95.1 Å². The molecule has 1 aromatic heterocycles. The zero-order valence-electron chi connectivity index (χ0n) is 16.0. The van der Waals surface area contributed by atoms with Crippen molar-refractivity contribution in [3.8, 4) is 6.07 Å². The fourth-order valence-electron chi connectivity index (χ4n) is 3.33. The lowest BCUT2D eigenvalue weighted by molar-refractivity contribution is -0.112. The van der Waals surface area contributed by atoms with Gasteiger partial charge in [-0.05, 0) is 42.0 Å². The number of aromatic nitrogens is 1. The van der Waals surface area contributed by atoms with Gasteiger partial charge in [0.25, 0.3) is 5.91 Å². The van der Waals surface area contributed by atoms with E-state index in [0.29, 0.717) is 12.2 Å². The Kier molecular flexibility index (Phi) is 5.78. The molecule has 0 saturated carbocycles. The van der Waals surface area contributed by atoms with E-state index in [1.54, 1.807) is 18.2 Å². The van der Waals surface area contributed by atoms with Crippen LogP contribution in [0, 0.1) is 11.3 Å². The molecular formula is C25H18BrN3O. The minimum absolute atomic E-state index is 0.0606. The average molecular weight is 456 g/mol. The Balaban J connectivity index is 1.68. The van der Waals surface area contributed by atoms with Crippen molar-refractivity contribution in [1.29, 1.82) is 5.26 Å². The predicted molar refractivity (Wildman–Crippen MR) is 124 cm³/mol. The van der Waals surface area contributed by atoms with Crippen LogP contribution >= 0.6 is 15.9 Å². The highest BCUT2D eigenvalue weighted by molar-refractivity contribution is 9.10. The van der Waals surface area contributed by atoms with Gasteiger partial charge in [-0.1, -0.05) is 64.5 Å². The van der Waals surface area contributed by atoms with Crippen molar-refractivity contribution >= 4 is 44.5 Å². The van der Waals surface area contributed by atoms with Gasteiger partial charge in [0.1, 0.15) is 11.6 Å². The highest BCUT2D eigenvalue weighted by atomic mass is 79.9. The van der Waals surface area contributed by atoms with Crippen molar-refractivity contribution < 1.29 is 4.79 Å². The first kappa shape index (κ1) is 19.7. The van der Waals surface area contributed by atoms with Gasteiger partial charge in [0, 0.05) is 39.4 Å². The molecule has 0 aliphatic heterocycles. The number of nitrogens with zero attached hydrogens (tertiary/aromatic N) is 2. The number of amides is 1. The number of nitriles is 1. The number of fused-ring (bicyclic) bond motifs is 1. The summed E-state index contributed by atoms with van der Waals surface area (Å²) in [4.78, 5) is 12.6. The fraction of sp³-hybridized carbons (Fsp3) is 0.0400. The molecule has 4 nitrogen and oxygen atoms in total. The third kappa shape index (κ3) is 4.35. The summed E-state index contributed by atoms with van der Waals surface area (Å²) in [6.45, 7) is 0.694. The molecule has 0 fully saturated rings. The van der Waals surface area contributed by atoms with E-state index in [1.807, 2.05) is 66.9 Å². The van der Waals surface area contributed by atoms with Gasteiger partial charge in [-0.2, -0.15) is 5.26 Å². The maximum absolute atomic E-state index is 12.6. The van der Waals surface area contributed by atoms with E-state index < -0.39 is 5.91 Å². The number of benzene rings is 3. The van der Waals surface area contributed by atoms with Crippen molar-refractivity contribution in [2.75, 3.05) is 5.32 Å². The van der Waals surface area contributed by atoms with Crippen molar-refractivity contribution in [3.63, 3.8) is 0 Å². The SMILES string of the molecule is N#C/C(=C\c1cn(Cc2ccc(Br)cc2)c2ccccc12)C(=O)Nc1ccccc1. The zero-order valence-corrected chi connectivity index (χ0v) is 17.6. The molecular weight excluding hydrogens is 438 g/mol. The second kappa shape index (κ2) is 8.81. The van der Waals surface area contributed by atoms with Gasteiger partial charge in [-0.3, -0.25) is 4.79 Å². The van der Waals surface area contributed by atoms with Gasteiger partial charge in [-0.25, -0.2) is 0 Å². The zero-order chi connectivity index (χ0) is 20.9. The lowest BCUT2D eigenvalue weighted by Crippen LogP contribution is -2.13. The number of halogens is 1. The first-order valence-corrected chi connectivity index (χ1v) is 10.2. The summed E-state index contributed by atoms with van der Waals surface area (Å²) in [7, 11) is 0. The van der Waals surface area contributed by atoms with Crippen molar-refractivity contribution in [3.05, 3.63) is 106 Å². The number of carbonyl (C=O) groups is 1. The minimum atomic E-state index is -0.423. The van der Waals surface area contributed by atoms with Crippen molar-refractivity contribution in [2.45, 2.75) is 6.54 Å². The van der Waals surface area contributed by atoms with E-state index in [2.05, 4.69) is 37.9 Å². The second-order valence-electron chi connectivity index (χ2n) is 6.85. The number of hydrogen-bond acceptors (Lipinski definition) is 2. The second-order valence-corrected chi connectivity index (χ2v) is 7.76. The standard InChI is InChI=1S/C25H18BrN3O/c26-21-12-10-18(11-13-21)16-29-17-20(23-8-4-5-9-24(23)29)14-19(15-27)25(30)28-22-6-2-1-3-7-22/h1-14,17H,16H2,(H,28,30)/b19-14+. The summed E-state index contributed by atoms with van der Waals surface area (Å²) in [6.07, 6.45) is 3.64. The molecule has 3 aromatic carbocycles. The maximum atomic E-state index is 12.6. The number of hydrogen-bond donors (Lipinski definition) is 1. The van der Waals surface area contributed by atoms with Gasteiger partial charge in [0.05, 0.1) is 0 Å². The Labute approximate surface area is 183 Å². The molecule has 0 aliphatic carbocycles. The number of carbonyl (C=O) groups excluding carboxylic acids is 1. The topological polar surface area (TPSA) is 57.8 Å². The van der Waals surface area contributed by atoms with E-state index >= 15 is 0 Å². The molecule has 1 amide bonds. The summed E-state index contributed by atoms with van der Waals surface area (Å²) < 4.78 is 3.17. The Hall–Kier alpha value is -3.62. The van der Waals surface area contributed by atoms with Gasteiger partial charge in [0.15, 0.2) is 0 Å². The largest absolute Gasteiger partial charge is 0.342 e. The number of nitrogens with one attached hydrogen (secondary N) is 1. The molecule has 1 heterocycles. The summed E-state index contributed by atoms with van der Waals surface area (Å²) in [6, 6.07) is 27.3. The molecule has 0 atom stereocenters. The highest BCUT2D eigenvalue weighted by Crippen LogP contribution is 2.25. The molecule has 0 unspecified atom stereocenters. The molecule has 0 spiro atoms. The lowest BCUT2D eigenvalue weighted by Gasteiger charge is -2.05. The third-order valence-electron chi connectivity index (χ3n) is 4.78. The van der Waals surface area contributed by atoms with Gasteiger partial charge < -0.3 is 9.88 Å². The van der Waals surface area contributed by atoms with Gasteiger partial charge >= 0.3 is 0 Å². The summed E-state index contributed by atoms with van der Waals surface area (Å²) in [5.74, 6) is -0.423. The van der Waals surface area contributed by atoms with Crippen molar-refractivity contribution in [2.24, 2.45) is 0 Å². The minimum Gasteiger partial charge on any atom is -0.342 e. The highest BCUT2D eigenvalue weighted by Gasteiger charge is 2.13. The summed E-state index contributed by atoms with van der Waals surface area (Å²) >= 11 is 3.46. The Morgan fingerprint density at radius 2 is 1.70 bits per heavy atom. The first-order chi connectivity index (χ1) is 14.6. The van der Waals surface area contributed by atoms with Crippen molar-refractivity contribution in [1.82, 2.24) is 4.57 Å². The smallest absolute Gasteiger partial charge is 0.266 e. The van der Waals surface area contributed by atoms with Crippen LogP contribution in [0.5, 0.6) is 0 Å².